The maximum atomic E-state index is 12.8. The van der Waals surface area contributed by atoms with E-state index in [1.54, 1.807) is 0 Å². The number of aryl methyl sites for hydroxylation is 3. The lowest BCUT2D eigenvalue weighted by Crippen LogP contribution is -2.28. The fourth-order valence-corrected chi connectivity index (χ4v) is 3.34. The molecule has 146 valence electrons. The molecule has 3 aromatic rings. The molecule has 3 rings (SSSR count). The number of fused-ring (bicyclic) bond motifs is 1. The van der Waals surface area contributed by atoms with E-state index in [1.807, 2.05) is 32.9 Å². The summed E-state index contributed by atoms with van der Waals surface area (Å²) in [6.45, 7) is 5.34. The number of amides is 1. The molecule has 28 heavy (non-hydrogen) atoms. The quantitative estimate of drug-likeness (QED) is 0.714. The number of rotatable bonds is 3. The van der Waals surface area contributed by atoms with Crippen molar-refractivity contribution in [3.05, 3.63) is 75.1 Å². The van der Waals surface area contributed by atoms with Crippen molar-refractivity contribution in [2.24, 2.45) is 0 Å². The Bertz CT molecular complexity index is 1130. The van der Waals surface area contributed by atoms with Crippen molar-refractivity contribution in [3.8, 4) is 0 Å². The van der Waals surface area contributed by atoms with Crippen LogP contribution >= 0.6 is 0 Å². The Morgan fingerprint density at radius 2 is 1.75 bits per heavy atom. The highest BCUT2D eigenvalue weighted by Crippen LogP contribution is 2.30. The molecule has 2 aromatic carbocycles. The number of carbonyl (C=O) groups is 1. The van der Waals surface area contributed by atoms with Crippen LogP contribution in [0.25, 0.3) is 10.9 Å². The number of halogens is 3. The number of hydrogen-bond donors (Lipinski definition) is 1. The zero-order valence-electron chi connectivity index (χ0n) is 15.6. The normalized spacial score (nSPS) is 11.6. The third-order valence-corrected chi connectivity index (χ3v) is 4.52. The molecule has 0 atom stereocenters. The summed E-state index contributed by atoms with van der Waals surface area (Å²) in [5, 5.41) is 3.31. The third-order valence-electron chi connectivity index (χ3n) is 4.52. The van der Waals surface area contributed by atoms with Gasteiger partial charge in [-0.15, -0.1) is 0 Å². The lowest BCUT2D eigenvalue weighted by molar-refractivity contribution is -0.137. The Morgan fingerprint density at radius 1 is 1.04 bits per heavy atom. The van der Waals surface area contributed by atoms with Crippen LogP contribution in [-0.4, -0.2) is 10.5 Å². The van der Waals surface area contributed by atoms with Gasteiger partial charge < -0.3 is 5.32 Å². The number of anilines is 1. The van der Waals surface area contributed by atoms with Gasteiger partial charge in [-0.1, -0.05) is 17.7 Å². The molecule has 1 aromatic heterocycles. The number of hydrogen-bond acceptors (Lipinski definition) is 2. The van der Waals surface area contributed by atoms with E-state index in [-0.39, 0.29) is 17.8 Å². The highest BCUT2D eigenvalue weighted by molar-refractivity contribution is 5.93. The van der Waals surface area contributed by atoms with E-state index in [9.17, 15) is 22.8 Å². The molecule has 4 nitrogen and oxygen atoms in total. The van der Waals surface area contributed by atoms with Crippen LogP contribution in [0, 0.1) is 20.8 Å². The van der Waals surface area contributed by atoms with E-state index in [0.29, 0.717) is 5.52 Å². The lowest BCUT2D eigenvalue weighted by Gasteiger charge is -2.15. The fourth-order valence-electron chi connectivity index (χ4n) is 3.34. The van der Waals surface area contributed by atoms with Crippen LogP contribution < -0.4 is 10.9 Å². The van der Waals surface area contributed by atoms with Crippen molar-refractivity contribution in [2.75, 3.05) is 5.32 Å². The lowest BCUT2D eigenvalue weighted by atomic mass is 10.0. The third kappa shape index (κ3) is 3.93. The number of aromatic nitrogens is 1. The number of nitrogens with zero attached hydrogens (tertiary/aromatic N) is 1. The zero-order valence-corrected chi connectivity index (χ0v) is 15.6. The minimum absolute atomic E-state index is 0.0249. The second kappa shape index (κ2) is 7.14. The molecule has 0 unspecified atom stereocenters. The molecule has 0 spiro atoms. The fraction of sp³-hybridized carbons (Fsp3) is 0.238. The minimum atomic E-state index is -4.50. The van der Waals surface area contributed by atoms with E-state index in [0.717, 1.165) is 34.2 Å². The van der Waals surface area contributed by atoms with Gasteiger partial charge in [-0.25, -0.2) is 0 Å². The van der Waals surface area contributed by atoms with Gasteiger partial charge in [0, 0.05) is 17.1 Å². The predicted octanol–water partition coefficient (Wildman–Crippen LogP) is 4.58. The highest BCUT2D eigenvalue weighted by atomic mass is 19.4. The molecule has 1 heterocycles. The van der Waals surface area contributed by atoms with Gasteiger partial charge in [-0.3, -0.25) is 14.2 Å². The van der Waals surface area contributed by atoms with Gasteiger partial charge in [0.25, 0.3) is 5.56 Å². The molecule has 0 aliphatic rings. The van der Waals surface area contributed by atoms with Gasteiger partial charge in [0.05, 0.1) is 11.1 Å². The minimum Gasteiger partial charge on any atom is -0.325 e. The summed E-state index contributed by atoms with van der Waals surface area (Å²) < 4.78 is 39.9. The number of alkyl halides is 3. The highest BCUT2D eigenvalue weighted by Gasteiger charge is 2.30. The SMILES string of the molecule is Cc1cc(C)c2c(c1)c(C)cc(=O)n2CC(=O)Nc1cccc(C(F)(F)F)c1. The van der Waals surface area contributed by atoms with Crippen molar-refractivity contribution in [2.45, 2.75) is 33.5 Å². The Morgan fingerprint density at radius 3 is 2.43 bits per heavy atom. The summed E-state index contributed by atoms with van der Waals surface area (Å²) in [6.07, 6.45) is -4.50. The van der Waals surface area contributed by atoms with Crippen molar-refractivity contribution in [3.63, 3.8) is 0 Å². The smallest absolute Gasteiger partial charge is 0.325 e. The van der Waals surface area contributed by atoms with Crippen molar-refractivity contribution in [1.82, 2.24) is 4.57 Å². The summed E-state index contributed by atoms with van der Waals surface area (Å²) in [5.41, 5.74) is 2.17. The molecule has 0 radical (unpaired) electrons. The van der Waals surface area contributed by atoms with E-state index < -0.39 is 17.6 Å². The Hall–Kier alpha value is -3.09. The largest absolute Gasteiger partial charge is 0.416 e. The average molecular weight is 388 g/mol. The van der Waals surface area contributed by atoms with Crippen molar-refractivity contribution >= 4 is 22.5 Å². The monoisotopic (exact) mass is 388 g/mol. The van der Waals surface area contributed by atoms with Gasteiger partial charge in [0.15, 0.2) is 0 Å². The summed E-state index contributed by atoms with van der Waals surface area (Å²) in [4.78, 5) is 24.9. The molecular weight excluding hydrogens is 369 g/mol. The van der Waals surface area contributed by atoms with E-state index >= 15 is 0 Å². The van der Waals surface area contributed by atoms with E-state index in [1.165, 1.54) is 22.8 Å². The zero-order chi connectivity index (χ0) is 20.6. The molecule has 1 amide bonds. The van der Waals surface area contributed by atoms with Crippen LogP contribution in [0.3, 0.4) is 0 Å². The molecule has 0 fully saturated rings. The second-order valence-corrected chi connectivity index (χ2v) is 6.86. The molecule has 1 N–H and O–H groups in total. The summed E-state index contributed by atoms with van der Waals surface area (Å²) in [5.74, 6) is -0.577. The first kappa shape index (κ1) is 19.7. The van der Waals surface area contributed by atoms with Gasteiger partial charge in [-0.2, -0.15) is 13.2 Å². The molecule has 0 aliphatic heterocycles. The predicted molar refractivity (Wildman–Crippen MR) is 102 cm³/mol. The maximum absolute atomic E-state index is 12.8. The molecule has 0 bridgehead atoms. The summed E-state index contributed by atoms with van der Waals surface area (Å²) in [6, 6.07) is 9.71. The number of nitrogens with one attached hydrogen (secondary N) is 1. The molecular formula is C21H19F3N2O2. The number of carbonyl (C=O) groups excluding carboxylic acids is 1. The number of benzene rings is 2. The Labute approximate surface area is 159 Å². The first-order chi connectivity index (χ1) is 13.1. The van der Waals surface area contributed by atoms with Crippen LogP contribution in [0.15, 0.2) is 47.3 Å². The molecule has 0 saturated carbocycles. The number of pyridine rings is 1. The first-order valence-corrected chi connectivity index (χ1v) is 8.65. The standard InChI is InChI=1S/C21H19F3N2O2/c1-12-7-14(3)20-17(8-12)13(2)9-19(28)26(20)11-18(27)25-16-6-4-5-15(10-16)21(22,23)24/h4-10H,11H2,1-3H3,(H,25,27). The summed E-state index contributed by atoms with van der Waals surface area (Å²) in [7, 11) is 0. The average Bonchev–Trinajstić information content (AvgIpc) is 2.58. The van der Waals surface area contributed by atoms with Crippen LogP contribution in [-0.2, 0) is 17.5 Å². The van der Waals surface area contributed by atoms with E-state index in [4.69, 9.17) is 0 Å². The van der Waals surface area contributed by atoms with Gasteiger partial charge >= 0.3 is 6.18 Å². The summed E-state index contributed by atoms with van der Waals surface area (Å²) >= 11 is 0. The first-order valence-electron chi connectivity index (χ1n) is 8.65. The second-order valence-electron chi connectivity index (χ2n) is 6.86. The Kier molecular flexibility index (Phi) is 5.02. The van der Waals surface area contributed by atoms with Crippen molar-refractivity contribution in [1.29, 1.82) is 0 Å². The van der Waals surface area contributed by atoms with Gasteiger partial charge in [-0.05, 0) is 56.2 Å². The van der Waals surface area contributed by atoms with Crippen LogP contribution in [0.2, 0.25) is 0 Å². The van der Waals surface area contributed by atoms with Gasteiger partial charge in [0.2, 0.25) is 5.91 Å². The van der Waals surface area contributed by atoms with Crippen LogP contribution in [0.5, 0.6) is 0 Å². The van der Waals surface area contributed by atoms with Crippen LogP contribution in [0.1, 0.15) is 22.3 Å². The van der Waals surface area contributed by atoms with Gasteiger partial charge in [0.1, 0.15) is 6.54 Å². The Balaban J connectivity index is 1.95. The molecule has 0 saturated heterocycles. The molecule has 0 aliphatic carbocycles. The van der Waals surface area contributed by atoms with E-state index in [2.05, 4.69) is 5.32 Å². The topological polar surface area (TPSA) is 51.1 Å². The molecule has 7 heteroatoms. The van der Waals surface area contributed by atoms with Crippen LogP contribution in [0.4, 0.5) is 18.9 Å². The van der Waals surface area contributed by atoms with Crippen molar-refractivity contribution < 1.29 is 18.0 Å². The maximum Gasteiger partial charge on any atom is 0.416 e.